The van der Waals surface area contributed by atoms with Crippen molar-refractivity contribution in [2.75, 3.05) is 31.1 Å². The topological polar surface area (TPSA) is 106 Å². The highest BCUT2D eigenvalue weighted by Gasteiger charge is 2.27. The fourth-order valence-corrected chi connectivity index (χ4v) is 3.66. The van der Waals surface area contributed by atoms with Crippen LogP contribution in [0.15, 0.2) is 24.5 Å². The number of carboxylic acid groups (broad SMARTS) is 2. The van der Waals surface area contributed by atoms with Crippen LogP contribution in [0, 0.1) is 0 Å². The molecule has 0 aromatic carbocycles. The highest BCUT2D eigenvalue weighted by molar-refractivity contribution is 5.85. The third-order valence-corrected chi connectivity index (χ3v) is 5.22. The van der Waals surface area contributed by atoms with Gasteiger partial charge in [0.1, 0.15) is 0 Å². The average molecular weight is 451 g/mol. The SMILES string of the molecule is C[C@@H](C(=O)NC1CCCCC1)N1CCN(c2ccncc2)CC1.Cl.Cl.O=C(O)O. The van der Waals surface area contributed by atoms with Gasteiger partial charge >= 0.3 is 6.16 Å². The molecule has 166 valence electrons. The zero-order chi connectivity index (χ0) is 19.6. The normalized spacial score (nSPS) is 18.2. The summed E-state index contributed by atoms with van der Waals surface area (Å²) in [5, 5.41) is 17.2. The highest BCUT2D eigenvalue weighted by Crippen LogP contribution is 2.19. The number of nitrogens with one attached hydrogen (secondary N) is 1. The van der Waals surface area contributed by atoms with Gasteiger partial charge in [0.15, 0.2) is 0 Å². The van der Waals surface area contributed by atoms with Crippen LogP contribution in [0.4, 0.5) is 10.5 Å². The van der Waals surface area contributed by atoms with Crippen LogP contribution in [-0.4, -0.2) is 70.4 Å². The van der Waals surface area contributed by atoms with E-state index in [9.17, 15) is 4.79 Å². The Kier molecular flexibility index (Phi) is 13.4. The van der Waals surface area contributed by atoms with Crippen molar-refractivity contribution >= 4 is 42.6 Å². The number of halogens is 2. The minimum Gasteiger partial charge on any atom is -0.450 e. The van der Waals surface area contributed by atoms with E-state index in [4.69, 9.17) is 15.0 Å². The van der Waals surface area contributed by atoms with Crippen LogP contribution >= 0.6 is 24.8 Å². The summed E-state index contributed by atoms with van der Waals surface area (Å²) in [6.07, 6.45) is 7.96. The number of hydrogen-bond donors (Lipinski definition) is 3. The van der Waals surface area contributed by atoms with Crippen LogP contribution in [0.2, 0.25) is 0 Å². The molecule has 10 heteroatoms. The first-order chi connectivity index (χ1) is 13.0. The third kappa shape index (κ3) is 9.51. The van der Waals surface area contributed by atoms with Crippen molar-refractivity contribution in [2.45, 2.75) is 51.1 Å². The van der Waals surface area contributed by atoms with Crippen molar-refractivity contribution in [3.8, 4) is 0 Å². The van der Waals surface area contributed by atoms with Crippen molar-refractivity contribution in [1.29, 1.82) is 0 Å². The lowest BCUT2D eigenvalue weighted by atomic mass is 9.95. The van der Waals surface area contributed by atoms with Crippen molar-refractivity contribution in [2.24, 2.45) is 0 Å². The molecule has 3 rings (SSSR count). The Balaban J connectivity index is 0.00000120. The van der Waals surface area contributed by atoms with Crippen molar-refractivity contribution in [3.63, 3.8) is 0 Å². The number of amides is 1. The van der Waals surface area contributed by atoms with E-state index in [0.29, 0.717) is 6.04 Å². The molecule has 8 nitrogen and oxygen atoms in total. The Bertz CT molecular complexity index is 591. The molecule has 0 spiro atoms. The lowest BCUT2D eigenvalue weighted by Gasteiger charge is -2.39. The summed E-state index contributed by atoms with van der Waals surface area (Å²) < 4.78 is 0. The Labute approximate surface area is 184 Å². The molecule has 0 radical (unpaired) electrons. The molecule has 1 aromatic rings. The molecule has 1 amide bonds. The van der Waals surface area contributed by atoms with E-state index in [1.54, 1.807) is 0 Å². The van der Waals surface area contributed by atoms with Gasteiger partial charge in [-0.05, 0) is 31.9 Å². The molecule has 2 heterocycles. The monoisotopic (exact) mass is 450 g/mol. The van der Waals surface area contributed by atoms with Crippen LogP contribution in [0.3, 0.4) is 0 Å². The van der Waals surface area contributed by atoms with Crippen LogP contribution < -0.4 is 10.2 Å². The number of carbonyl (C=O) groups is 2. The first-order valence-electron chi connectivity index (χ1n) is 9.58. The summed E-state index contributed by atoms with van der Waals surface area (Å²) >= 11 is 0. The smallest absolute Gasteiger partial charge is 0.450 e. The fraction of sp³-hybridized carbons (Fsp3) is 0.632. The minimum absolute atomic E-state index is 0. The Morgan fingerprint density at radius 3 is 2.07 bits per heavy atom. The second kappa shape index (κ2) is 14.3. The molecular weight excluding hydrogens is 419 g/mol. The summed E-state index contributed by atoms with van der Waals surface area (Å²) in [6, 6.07) is 4.47. The number of nitrogens with zero attached hydrogens (tertiary/aromatic N) is 3. The molecule has 1 aromatic heterocycles. The maximum atomic E-state index is 12.5. The van der Waals surface area contributed by atoms with E-state index < -0.39 is 6.16 Å². The number of piperazine rings is 1. The number of pyridine rings is 1. The van der Waals surface area contributed by atoms with Crippen LogP contribution in [0.5, 0.6) is 0 Å². The number of rotatable bonds is 4. The highest BCUT2D eigenvalue weighted by atomic mass is 35.5. The number of hydrogen-bond acceptors (Lipinski definition) is 5. The van der Waals surface area contributed by atoms with Gasteiger partial charge in [-0.2, -0.15) is 0 Å². The van der Waals surface area contributed by atoms with Gasteiger partial charge in [0, 0.05) is 50.3 Å². The zero-order valence-electron chi connectivity index (χ0n) is 16.7. The molecule has 2 fully saturated rings. The lowest BCUT2D eigenvalue weighted by molar-refractivity contribution is -0.127. The van der Waals surface area contributed by atoms with E-state index in [-0.39, 0.29) is 36.8 Å². The molecule has 1 atom stereocenters. The fourth-order valence-electron chi connectivity index (χ4n) is 3.66. The molecule has 0 unspecified atom stereocenters. The van der Waals surface area contributed by atoms with Crippen LogP contribution in [0.1, 0.15) is 39.0 Å². The molecule has 1 aliphatic carbocycles. The summed E-state index contributed by atoms with van der Waals surface area (Å²) in [6.45, 7) is 5.83. The molecule has 1 aliphatic heterocycles. The van der Waals surface area contributed by atoms with Crippen molar-refractivity contribution in [1.82, 2.24) is 15.2 Å². The number of anilines is 1. The van der Waals surface area contributed by atoms with E-state index in [1.807, 2.05) is 19.3 Å². The van der Waals surface area contributed by atoms with Gasteiger partial charge in [-0.25, -0.2) is 4.79 Å². The molecule has 1 saturated heterocycles. The van der Waals surface area contributed by atoms with E-state index in [1.165, 1.54) is 24.9 Å². The zero-order valence-corrected chi connectivity index (χ0v) is 18.3. The first-order valence-corrected chi connectivity index (χ1v) is 9.58. The second-order valence-corrected chi connectivity index (χ2v) is 7.03. The summed E-state index contributed by atoms with van der Waals surface area (Å²) in [5.41, 5.74) is 1.22. The van der Waals surface area contributed by atoms with Crippen molar-refractivity contribution < 1.29 is 19.8 Å². The summed E-state index contributed by atoms with van der Waals surface area (Å²) in [7, 11) is 0. The van der Waals surface area contributed by atoms with E-state index in [2.05, 4.69) is 32.2 Å². The molecule has 29 heavy (non-hydrogen) atoms. The number of carbonyl (C=O) groups excluding carboxylic acids is 1. The predicted molar refractivity (Wildman–Crippen MR) is 118 cm³/mol. The quantitative estimate of drug-likeness (QED) is 0.646. The molecule has 3 N–H and O–H groups in total. The van der Waals surface area contributed by atoms with Gasteiger partial charge < -0.3 is 20.4 Å². The number of aromatic nitrogens is 1. The average Bonchev–Trinajstić information content (AvgIpc) is 2.68. The summed E-state index contributed by atoms with van der Waals surface area (Å²) in [4.78, 5) is 29.8. The summed E-state index contributed by atoms with van der Waals surface area (Å²) in [5.74, 6) is 0.203. The largest absolute Gasteiger partial charge is 0.503 e. The Morgan fingerprint density at radius 1 is 1.03 bits per heavy atom. The van der Waals surface area contributed by atoms with Gasteiger partial charge in [0.2, 0.25) is 5.91 Å². The maximum Gasteiger partial charge on any atom is 0.503 e. The Morgan fingerprint density at radius 2 is 1.55 bits per heavy atom. The standard InChI is InChI=1S/C18H28N4O.CH2O3.2ClH/c1-15(18(23)20-16-5-3-2-4-6-16)21-11-13-22(14-12-21)17-7-9-19-10-8-17;2-1(3)4;;/h7-10,15-16H,2-6,11-14H2,1H3,(H,20,23);(H2,2,3,4);2*1H/t15-;;;/m0.../s1. The second-order valence-electron chi connectivity index (χ2n) is 7.03. The van der Waals surface area contributed by atoms with Gasteiger partial charge in [0.05, 0.1) is 6.04 Å². The minimum atomic E-state index is -1.83. The van der Waals surface area contributed by atoms with Crippen LogP contribution in [-0.2, 0) is 4.79 Å². The molecule has 1 saturated carbocycles. The van der Waals surface area contributed by atoms with E-state index in [0.717, 1.165) is 39.0 Å². The molecular formula is C19H32Cl2N4O4. The molecule has 2 aliphatic rings. The first kappa shape index (κ1) is 27.2. The van der Waals surface area contributed by atoms with Crippen molar-refractivity contribution in [3.05, 3.63) is 24.5 Å². The molecule has 0 bridgehead atoms. The maximum absolute atomic E-state index is 12.5. The van der Waals surface area contributed by atoms with Gasteiger partial charge in [0.25, 0.3) is 0 Å². The van der Waals surface area contributed by atoms with Gasteiger partial charge in [-0.1, -0.05) is 19.3 Å². The Hall–Kier alpha value is -1.77. The van der Waals surface area contributed by atoms with E-state index >= 15 is 0 Å². The lowest BCUT2D eigenvalue weighted by Crippen LogP contribution is -2.55. The van der Waals surface area contributed by atoms with Gasteiger partial charge in [-0.3, -0.25) is 14.7 Å². The third-order valence-electron chi connectivity index (χ3n) is 5.22. The van der Waals surface area contributed by atoms with Crippen LogP contribution in [0.25, 0.3) is 0 Å². The van der Waals surface area contributed by atoms with Gasteiger partial charge in [-0.15, -0.1) is 24.8 Å². The predicted octanol–water partition coefficient (Wildman–Crippen LogP) is 3.11.